The molecular weight excluding hydrogens is 420 g/mol. The van der Waals surface area contributed by atoms with E-state index in [-0.39, 0.29) is 29.7 Å². The number of aromatic nitrogens is 2. The number of furan rings is 1. The first-order valence-electron chi connectivity index (χ1n) is 11.6. The SMILES string of the molecule is Cc1cc(C(=O)N[C@H]2C[C@H](C(=O)N3CCCC3)C[C@H]2c2nc(-c3ccccc3)no2)c(C)o1. The molecule has 1 saturated carbocycles. The van der Waals surface area contributed by atoms with Crippen molar-refractivity contribution in [3.63, 3.8) is 0 Å². The first kappa shape index (κ1) is 21.4. The number of carbonyl (C=O) groups is 2. The maximum Gasteiger partial charge on any atom is 0.255 e. The second kappa shape index (κ2) is 8.84. The van der Waals surface area contributed by atoms with Gasteiger partial charge in [0.2, 0.25) is 17.6 Å². The van der Waals surface area contributed by atoms with Crippen LogP contribution < -0.4 is 5.32 Å². The molecule has 8 heteroatoms. The lowest BCUT2D eigenvalue weighted by atomic mass is 10.0. The number of rotatable bonds is 5. The first-order chi connectivity index (χ1) is 16.0. The number of hydrogen-bond acceptors (Lipinski definition) is 6. The molecule has 2 amide bonds. The minimum absolute atomic E-state index is 0.160. The van der Waals surface area contributed by atoms with Gasteiger partial charge in [0, 0.05) is 30.6 Å². The fourth-order valence-corrected chi connectivity index (χ4v) is 5.06. The van der Waals surface area contributed by atoms with Crippen molar-refractivity contribution in [2.75, 3.05) is 13.1 Å². The van der Waals surface area contributed by atoms with Crippen LogP contribution >= 0.6 is 0 Å². The largest absolute Gasteiger partial charge is 0.466 e. The van der Waals surface area contributed by atoms with Gasteiger partial charge in [0.05, 0.1) is 11.5 Å². The van der Waals surface area contributed by atoms with Crippen LogP contribution in [-0.4, -0.2) is 46.0 Å². The summed E-state index contributed by atoms with van der Waals surface area (Å²) in [6, 6.07) is 11.1. The fourth-order valence-electron chi connectivity index (χ4n) is 5.06. The number of amides is 2. The van der Waals surface area contributed by atoms with Crippen LogP contribution in [0, 0.1) is 19.8 Å². The highest BCUT2D eigenvalue weighted by atomic mass is 16.5. The lowest BCUT2D eigenvalue weighted by Gasteiger charge is -2.20. The number of hydrogen-bond donors (Lipinski definition) is 1. The van der Waals surface area contributed by atoms with Gasteiger partial charge in [-0.3, -0.25) is 9.59 Å². The van der Waals surface area contributed by atoms with Crippen LogP contribution in [0.4, 0.5) is 0 Å². The van der Waals surface area contributed by atoms with Crippen LogP contribution in [-0.2, 0) is 4.79 Å². The van der Waals surface area contributed by atoms with Gasteiger partial charge in [0.1, 0.15) is 11.5 Å². The molecule has 1 N–H and O–H groups in total. The minimum Gasteiger partial charge on any atom is -0.466 e. The van der Waals surface area contributed by atoms with E-state index in [0.29, 0.717) is 41.6 Å². The molecular formula is C25H28N4O4. The van der Waals surface area contributed by atoms with E-state index in [9.17, 15) is 9.59 Å². The van der Waals surface area contributed by atoms with Crippen molar-refractivity contribution < 1.29 is 18.5 Å². The minimum atomic E-state index is -0.285. The highest BCUT2D eigenvalue weighted by molar-refractivity contribution is 5.95. The Morgan fingerprint density at radius 2 is 1.85 bits per heavy atom. The summed E-state index contributed by atoms with van der Waals surface area (Å²) in [5.74, 6) is 1.76. The maximum absolute atomic E-state index is 13.1. The Labute approximate surface area is 192 Å². The second-order valence-electron chi connectivity index (χ2n) is 9.04. The Hall–Kier alpha value is -3.42. The summed E-state index contributed by atoms with van der Waals surface area (Å²) in [6.07, 6.45) is 3.21. The van der Waals surface area contributed by atoms with Crippen LogP contribution in [0.1, 0.15) is 59.4 Å². The summed E-state index contributed by atoms with van der Waals surface area (Å²) in [6.45, 7) is 5.21. The third-order valence-electron chi connectivity index (χ3n) is 6.72. The lowest BCUT2D eigenvalue weighted by molar-refractivity contribution is -0.134. The Kier molecular flexibility index (Phi) is 5.74. The molecule has 33 heavy (non-hydrogen) atoms. The summed E-state index contributed by atoms with van der Waals surface area (Å²) in [4.78, 5) is 32.8. The van der Waals surface area contributed by atoms with E-state index in [1.807, 2.05) is 42.2 Å². The molecule has 2 fully saturated rings. The van der Waals surface area contributed by atoms with Crippen LogP contribution in [0.3, 0.4) is 0 Å². The van der Waals surface area contributed by atoms with Gasteiger partial charge in [-0.05, 0) is 45.6 Å². The Balaban J connectivity index is 1.40. The number of nitrogens with zero attached hydrogens (tertiary/aromatic N) is 3. The summed E-state index contributed by atoms with van der Waals surface area (Å²) >= 11 is 0. The molecule has 2 aromatic heterocycles. The van der Waals surface area contributed by atoms with Crippen LogP contribution in [0.5, 0.6) is 0 Å². The van der Waals surface area contributed by atoms with Crippen LogP contribution in [0.25, 0.3) is 11.4 Å². The van der Waals surface area contributed by atoms with Crippen LogP contribution in [0.15, 0.2) is 45.3 Å². The van der Waals surface area contributed by atoms with Crippen molar-refractivity contribution in [1.82, 2.24) is 20.4 Å². The van der Waals surface area contributed by atoms with Gasteiger partial charge in [-0.25, -0.2) is 0 Å². The van der Waals surface area contributed by atoms with E-state index in [4.69, 9.17) is 8.94 Å². The topological polar surface area (TPSA) is 101 Å². The summed E-state index contributed by atoms with van der Waals surface area (Å²) in [7, 11) is 0. The van der Waals surface area contributed by atoms with Crippen molar-refractivity contribution in [2.45, 2.75) is 51.5 Å². The first-order valence-corrected chi connectivity index (χ1v) is 11.6. The molecule has 1 aliphatic carbocycles. The molecule has 3 heterocycles. The Morgan fingerprint density at radius 1 is 1.09 bits per heavy atom. The molecule has 3 atom stereocenters. The van der Waals surface area contributed by atoms with E-state index >= 15 is 0 Å². The van der Waals surface area contributed by atoms with Crippen molar-refractivity contribution in [3.05, 3.63) is 59.4 Å². The molecule has 172 valence electrons. The number of aryl methyl sites for hydroxylation is 2. The number of carbonyl (C=O) groups excluding carboxylic acids is 2. The van der Waals surface area contributed by atoms with Crippen molar-refractivity contribution in [1.29, 1.82) is 0 Å². The van der Waals surface area contributed by atoms with E-state index in [1.165, 1.54) is 0 Å². The smallest absolute Gasteiger partial charge is 0.255 e. The van der Waals surface area contributed by atoms with E-state index < -0.39 is 0 Å². The van der Waals surface area contributed by atoms with Gasteiger partial charge in [-0.2, -0.15) is 4.98 Å². The quantitative estimate of drug-likeness (QED) is 0.636. The molecule has 0 unspecified atom stereocenters. The van der Waals surface area contributed by atoms with Gasteiger partial charge >= 0.3 is 0 Å². The zero-order chi connectivity index (χ0) is 22.9. The van der Waals surface area contributed by atoms with Gasteiger partial charge in [-0.15, -0.1) is 0 Å². The summed E-state index contributed by atoms with van der Waals surface area (Å²) < 4.78 is 11.2. The third kappa shape index (κ3) is 4.29. The van der Waals surface area contributed by atoms with E-state index in [2.05, 4.69) is 15.5 Å². The molecule has 1 aromatic carbocycles. The maximum atomic E-state index is 13.1. The van der Waals surface area contributed by atoms with Gasteiger partial charge < -0.3 is 19.2 Å². The average Bonchev–Trinajstić information content (AvgIpc) is 3.61. The Morgan fingerprint density at radius 3 is 2.55 bits per heavy atom. The molecule has 3 aromatic rings. The highest BCUT2D eigenvalue weighted by Gasteiger charge is 2.44. The average molecular weight is 449 g/mol. The third-order valence-corrected chi connectivity index (χ3v) is 6.72. The van der Waals surface area contributed by atoms with Gasteiger partial charge in [0.15, 0.2) is 0 Å². The predicted octanol–water partition coefficient (Wildman–Crippen LogP) is 3.86. The number of likely N-dealkylation sites (tertiary alicyclic amines) is 1. The standard InChI is InChI=1S/C25H28N4O4/c1-15-12-19(16(2)32-15)23(30)26-21-14-18(25(31)29-10-6-7-11-29)13-20(21)24-27-22(28-33-24)17-8-4-3-5-9-17/h3-5,8-9,12,18,20-21H,6-7,10-11,13-14H2,1-2H3,(H,26,30)/t18-,20-,21+/m1/s1. The molecule has 8 nitrogen and oxygen atoms in total. The monoisotopic (exact) mass is 448 g/mol. The van der Waals surface area contributed by atoms with Gasteiger partial charge in [-0.1, -0.05) is 35.5 Å². The van der Waals surface area contributed by atoms with Crippen molar-refractivity contribution >= 4 is 11.8 Å². The second-order valence-corrected chi connectivity index (χ2v) is 9.04. The predicted molar refractivity (Wildman–Crippen MR) is 120 cm³/mol. The van der Waals surface area contributed by atoms with E-state index in [0.717, 1.165) is 31.5 Å². The molecule has 5 rings (SSSR count). The fraction of sp³-hybridized carbons (Fsp3) is 0.440. The molecule has 1 saturated heterocycles. The molecule has 0 bridgehead atoms. The normalized spacial score (nSPS) is 22.6. The van der Waals surface area contributed by atoms with Crippen molar-refractivity contribution in [3.8, 4) is 11.4 Å². The molecule has 1 aliphatic heterocycles. The molecule has 0 spiro atoms. The number of nitrogens with one attached hydrogen (secondary N) is 1. The Bertz CT molecular complexity index is 1150. The van der Waals surface area contributed by atoms with Crippen molar-refractivity contribution in [2.24, 2.45) is 5.92 Å². The summed E-state index contributed by atoms with van der Waals surface area (Å²) in [5.41, 5.74) is 1.37. The zero-order valence-corrected chi connectivity index (χ0v) is 18.9. The summed E-state index contributed by atoms with van der Waals surface area (Å²) in [5, 5.41) is 7.28. The molecule has 2 aliphatic rings. The van der Waals surface area contributed by atoms with E-state index in [1.54, 1.807) is 13.0 Å². The number of benzene rings is 1. The zero-order valence-electron chi connectivity index (χ0n) is 18.9. The lowest BCUT2D eigenvalue weighted by Crippen LogP contribution is -2.37. The molecule has 0 radical (unpaired) electrons. The van der Waals surface area contributed by atoms with Crippen LogP contribution in [0.2, 0.25) is 0 Å². The highest BCUT2D eigenvalue weighted by Crippen LogP contribution is 2.40. The van der Waals surface area contributed by atoms with Gasteiger partial charge in [0.25, 0.3) is 5.91 Å².